The minimum absolute atomic E-state index is 0.0650. The first-order valence-electron chi connectivity index (χ1n) is 6.41. The molecule has 1 nitrogen and oxygen atoms in total. The highest BCUT2D eigenvalue weighted by molar-refractivity contribution is 6.02. The lowest BCUT2D eigenvalue weighted by atomic mass is 9.73. The van der Waals surface area contributed by atoms with E-state index in [2.05, 4.69) is 0 Å². The molecular formula is C12H14O. The summed E-state index contributed by atoms with van der Waals surface area (Å²) in [5, 5.41) is 0. The third-order valence-electron chi connectivity index (χ3n) is 2.61. The van der Waals surface area contributed by atoms with Crippen LogP contribution in [0.1, 0.15) is 41.7 Å². The average molecular weight is 178 g/mol. The van der Waals surface area contributed by atoms with Crippen LogP contribution in [0.3, 0.4) is 0 Å². The lowest BCUT2D eigenvalue weighted by Crippen LogP contribution is -2.30. The van der Waals surface area contributed by atoms with E-state index in [0.717, 1.165) is 0 Å². The summed E-state index contributed by atoms with van der Waals surface area (Å²) < 4.78 is 30.8. The van der Waals surface area contributed by atoms with Crippen LogP contribution in [0, 0.1) is 5.41 Å². The van der Waals surface area contributed by atoms with Gasteiger partial charge in [-0.3, -0.25) is 4.79 Å². The van der Waals surface area contributed by atoms with Gasteiger partial charge in [0.05, 0.1) is 5.48 Å². The van der Waals surface area contributed by atoms with E-state index in [0.29, 0.717) is 18.4 Å². The van der Waals surface area contributed by atoms with Gasteiger partial charge in [0.2, 0.25) is 0 Å². The van der Waals surface area contributed by atoms with Crippen molar-refractivity contribution in [1.82, 2.24) is 0 Å². The van der Waals surface area contributed by atoms with E-state index in [1.807, 2.05) is 13.8 Å². The van der Waals surface area contributed by atoms with Crippen molar-refractivity contribution in [2.24, 2.45) is 5.41 Å². The third-order valence-corrected chi connectivity index (χ3v) is 2.61. The molecular weight excluding hydrogens is 160 g/mol. The van der Waals surface area contributed by atoms with Crippen molar-refractivity contribution < 1.29 is 10.3 Å². The van der Waals surface area contributed by atoms with Crippen LogP contribution in [0.2, 0.25) is 0 Å². The quantitative estimate of drug-likeness (QED) is 0.597. The fourth-order valence-corrected chi connectivity index (χ4v) is 1.61. The maximum absolute atomic E-state index is 12.2. The molecule has 0 atom stereocenters. The molecule has 0 amide bonds. The third kappa shape index (κ3) is 1.28. The molecule has 0 fully saturated rings. The van der Waals surface area contributed by atoms with Gasteiger partial charge in [-0.2, -0.15) is 0 Å². The van der Waals surface area contributed by atoms with Crippen LogP contribution in [-0.4, -0.2) is 5.78 Å². The Hall–Kier alpha value is -1.11. The Kier molecular flexibility index (Phi) is 1.02. The van der Waals surface area contributed by atoms with E-state index in [-0.39, 0.29) is 35.5 Å². The predicted octanol–water partition coefficient (Wildman–Crippen LogP) is 2.84. The normalized spacial score (nSPS) is 24.0. The second-order valence-corrected chi connectivity index (χ2v) is 4.07. The minimum atomic E-state index is -0.536. The molecule has 13 heavy (non-hydrogen) atoms. The average Bonchev–Trinajstić information content (AvgIpc) is 2.27. The SMILES string of the molecule is [2H]c1c([2H])c([2H])c2c(c1[2H])CCC(C)(C)C2=O. The van der Waals surface area contributed by atoms with Crippen LogP contribution in [-0.2, 0) is 6.42 Å². The number of fused-ring (bicyclic) bond motifs is 1. The van der Waals surface area contributed by atoms with Crippen LogP contribution in [0.25, 0.3) is 0 Å². The van der Waals surface area contributed by atoms with E-state index in [1.54, 1.807) is 0 Å². The molecule has 0 heterocycles. The van der Waals surface area contributed by atoms with Crippen molar-refractivity contribution in [1.29, 1.82) is 0 Å². The zero-order chi connectivity index (χ0) is 13.0. The van der Waals surface area contributed by atoms with Crippen molar-refractivity contribution in [3.05, 3.63) is 35.3 Å². The van der Waals surface area contributed by atoms with Crippen molar-refractivity contribution in [2.45, 2.75) is 26.7 Å². The smallest absolute Gasteiger partial charge is 0.168 e. The maximum Gasteiger partial charge on any atom is 0.168 e. The summed E-state index contributed by atoms with van der Waals surface area (Å²) in [6.45, 7) is 3.64. The Labute approximate surface area is 84.4 Å². The molecule has 0 bridgehead atoms. The molecule has 0 N–H and O–H groups in total. The first-order valence-corrected chi connectivity index (χ1v) is 4.41. The number of carbonyl (C=O) groups is 1. The first kappa shape index (κ1) is 4.94. The highest BCUT2D eigenvalue weighted by Gasteiger charge is 2.33. The van der Waals surface area contributed by atoms with Gasteiger partial charge in [0, 0.05) is 11.0 Å². The fraction of sp³-hybridized carbons (Fsp3) is 0.417. The second-order valence-electron chi connectivity index (χ2n) is 4.07. The molecule has 0 aromatic heterocycles. The highest BCUT2D eigenvalue weighted by atomic mass is 16.1. The Morgan fingerprint density at radius 3 is 2.85 bits per heavy atom. The standard InChI is InChI=1S/C12H14O/c1-12(2)8-7-9-5-3-4-6-10(9)11(12)13/h3-6H,7-8H2,1-2H3/i3D,4D,5D,6D. The topological polar surface area (TPSA) is 17.1 Å². The Morgan fingerprint density at radius 1 is 1.38 bits per heavy atom. The molecule has 0 saturated heterocycles. The van der Waals surface area contributed by atoms with Crippen molar-refractivity contribution in [2.75, 3.05) is 0 Å². The molecule has 0 aliphatic heterocycles. The van der Waals surface area contributed by atoms with E-state index in [4.69, 9.17) is 5.48 Å². The Morgan fingerprint density at radius 2 is 2.08 bits per heavy atom. The number of carbonyl (C=O) groups excluding carboxylic acids is 1. The van der Waals surface area contributed by atoms with Crippen LogP contribution >= 0.6 is 0 Å². The van der Waals surface area contributed by atoms with Crippen LogP contribution in [0.4, 0.5) is 0 Å². The second kappa shape index (κ2) is 2.69. The lowest BCUT2D eigenvalue weighted by Gasteiger charge is -2.29. The molecule has 0 spiro atoms. The van der Waals surface area contributed by atoms with Gasteiger partial charge in [-0.15, -0.1) is 0 Å². The number of Topliss-reactive ketones (excluding diaryl/α,β-unsaturated/α-hetero) is 1. The predicted molar refractivity (Wildman–Crippen MR) is 52.9 cm³/mol. The molecule has 0 unspecified atom stereocenters. The van der Waals surface area contributed by atoms with Crippen molar-refractivity contribution in [3.63, 3.8) is 0 Å². The summed E-state index contributed by atoms with van der Waals surface area (Å²) >= 11 is 0. The number of hydrogen-bond acceptors (Lipinski definition) is 1. The van der Waals surface area contributed by atoms with Crippen LogP contribution in [0.15, 0.2) is 24.2 Å². The number of ketones is 1. The molecule has 2 rings (SSSR count). The summed E-state index contributed by atoms with van der Waals surface area (Å²) in [5.41, 5.74) is 0.123. The Balaban J connectivity index is 2.78. The Bertz CT molecular complexity index is 520. The van der Waals surface area contributed by atoms with E-state index < -0.39 is 5.41 Å². The summed E-state index contributed by atoms with van der Waals surface area (Å²) in [7, 11) is 0. The summed E-state index contributed by atoms with van der Waals surface area (Å²) in [6.07, 6.45) is 1.16. The van der Waals surface area contributed by atoms with E-state index in [9.17, 15) is 4.79 Å². The summed E-state index contributed by atoms with van der Waals surface area (Å²) in [6, 6.07) is -0.829. The molecule has 1 aromatic rings. The van der Waals surface area contributed by atoms with Gasteiger partial charge >= 0.3 is 0 Å². The van der Waals surface area contributed by atoms with Gasteiger partial charge < -0.3 is 0 Å². The van der Waals surface area contributed by atoms with Crippen LogP contribution < -0.4 is 0 Å². The van der Waals surface area contributed by atoms with E-state index >= 15 is 0 Å². The summed E-state index contributed by atoms with van der Waals surface area (Å²) in [4.78, 5) is 12.2. The summed E-state index contributed by atoms with van der Waals surface area (Å²) in [5.74, 6) is -0.175. The largest absolute Gasteiger partial charge is 0.294 e. The minimum Gasteiger partial charge on any atom is -0.294 e. The van der Waals surface area contributed by atoms with Gasteiger partial charge in [-0.05, 0) is 18.4 Å². The maximum atomic E-state index is 12.2. The molecule has 1 aromatic carbocycles. The van der Waals surface area contributed by atoms with Gasteiger partial charge in [-0.1, -0.05) is 38.0 Å². The van der Waals surface area contributed by atoms with Crippen molar-refractivity contribution in [3.8, 4) is 0 Å². The number of hydrogen-bond donors (Lipinski definition) is 0. The van der Waals surface area contributed by atoms with Gasteiger partial charge in [0.1, 0.15) is 0 Å². The fourth-order valence-electron chi connectivity index (χ4n) is 1.61. The molecule has 1 heteroatoms. The zero-order valence-corrected chi connectivity index (χ0v) is 7.82. The molecule has 1 aliphatic rings. The zero-order valence-electron chi connectivity index (χ0n) is 11.8. The molecule has 0 saturated carbocycles. The number of benzene rings is 1. The lowest BCUT2D eigenvalue weighted by molar-refractivity contribution is 0.0811. The molecule has 68 valence electrons. The first-order chi connectivity index (χ1) is 7.77. The highest BCUT2D eigenvalue weighted by Crippen LogP contribution is 2.34. The molecule has 1 aliphatic carbocycles. The van der Waals surface area contributed by atoms with Gasteiger partial charge in [0.15, 0.2) is 5.78 Å². The van der Waals surface area contributed by atoms with Gasteiger partial charge in [-0.25, -0.2) is 0 Å². The monoisotopic (exact) mass is 178 g/mol. The van der Waals surface area contributed by atoms with Crippen LogP contribution in [0.5, 0.6) is 0 Å². The van der Waals surface area contributed by atoms with Crippen molar-refractivity contribution >= 4 is 5.78 Å². The molecule has 0 radical (unpaired) electrons. The number of rotatable bonds is 0. The van der Waals surface area contributed by atoms with Gasteiger partial charge in [0.25, 0.3) is 0 Å². The van der Waals surface area contributed by atoms with E-state index in [1.165, 1.54) is 0 Å².